The second-order valence-corrected chi connectivity index (χ2v) is 7.86. The second kappa shape index (κ2) is 7.13. The van der Waals surface area contributed by atoms with Crippen LogP contribution in [0.1, 0.15) is 19.8 Å². The number of benzene rings is 1. The highest BCUT2D eigenvalue weighted by molar-refractivity contribution is 7.89. The van der Waals surface area contributed by atoms with Crippen LogP contribution in [0.2, 0.25) is 0 Å². The van der Waals surface area contributed by atoms with Gasteiger partial charge < -0.3 is 5.73 Å². The third-order valence-corrected chi connectivity index (χ3v) is 6.31. The highest BCUT2D eigenvalue weighted by atomic mass is 35.5. The molecule has 0 aliphatic carbocycles. The van der Waals surface area contributed by atoms with E-state index in [9.17, 15) is 8.42 Å². The van der Waals surface area contributed by atoms with Crippen molar-refractivity contribution in [3.63, 3.8) is 0 Å². The van der Waals surface area contributed by atoms with Crippen molar-refractivity contribution in [2.75, 3.05) is 13.1 Å². The fraction of sp³-hybridized carbons (Fsp3) is 0.438. The Morgan fingerprint density at radius 3 is 2.83 bits per heavy atom. The Balaban J connectivity index is 0.00000192. The van der Waals surface area contributed by atoms with E-state index in [2.05, 4.69) is 4.98 Å². The van der Waals surface area contributed by atoms with Gasteiger partial charge in [-0.05, 0) is 49.9 Å². The first kappa shape index (κ1) is 18.1. The quantitative estimate of drug-likeness (QED) is 0.917. The normalized spacial score (nSPS) is 20.9. The third-order valence-electron chi connectivity index (χ3n) is 4.39. The molecule has 2 heterocycles. The number of halogens is 1. The lowest BCUT2D eigenvalue weighted by Gasteiger charge is -2.33. The zero-order valence-corrected chi connectivity index (χ0v) is 14.7. The number of fused-ring (bicyclic) bond motifs is 1. The van der Waals surface area contributed by atoms with Gasteiger partial charge >= 0.3 is 0 Å². The summed E-state index contributed by atoms with van der Waals surface area (Å²) in [6.45, 7) is 3.00. The maximum atomic E-state index is 13.0. The van der Waals surface area contributed by atoms with E-state index < -0.39 is 10.0 Å². The van der Waals surface area contributed by atoms with Gasteiger partial charge in [0.1, 0.15) is 0 Å². The van der Waals surface area contributed by atoms with Crippen LogP contribution in [-0.2, 0) is 10.0 Å². The van der Waals surface area contributed by atoms with E-state index in [0.29, 0.717) is 28.9 Å². The van der Waals surface area contributed by atoms with Crippen molar-refractivity contribution in [1.29, 1.82) is 0 Å². The molecule has 0 spiro atoms. The number of sulfonamides is 1. The number of hydrogen-bond donors (Lipinski definition) is 1. The fourth-order valence-electron chi connectivity index (χ4n) is 3.06. The highest BCUT2D eigenvalue weighted by Gasteiger charge is 2.32. The van der Waals surface area contributed by atoms with Crippen molar-refractivity contribution in [3.05, 3.63) is 36.5 Å². The Morgan fingerprint density at radius 2 is 2.09 bits per heavy atom. The Hall–Kier alpha value is -1.21. The van der Waals surface area contributed by atoms with E-state index in [1.165, 1.54) is 0 Å². The molecule has 2 atom stereocenters. The minimum absolute atomic E-state index is 0. The molecule has 2 aromatic rings. The first-order chi connectivity index (χ1) is 10.5. The molecule has 2 N–H and O–H groups in total. The van der Waals surface area contributed by atoms with Crippen LogP contribution in [-0.4, -0.2) is 36.8 Å². The van der Waals surface area contributed by atoms with Crippen LogP contribution < -0.4 is 5.73 Å². The molecule has 1 fully saturated rings. The molecule has 1 aliphatic rings. The molecule has 0 bridgehead atoms. The van der Waals surface area contributed by atoms with Crippen molar-refractivity contribution >= 4 is 33.3 Å². The van der Waals surface area contributed by atoms with E-state index in [0.717, 1.165) is 12.8 Å². The van der Waals surface area contributed by atoms with E-state index in [-0.39, 0.29) is 24.4 Å². The van der Waals surface area contributed by atoms with Crippen molar-refractivity contribution in [3.8, 4) is 0 Å². The van der Waals surface area contributed by atoms with Gasteiger partial charge in [-0.3, -0.25) is 4.98 Å². The predicted molar refractivity (Wildman–Crippen MR) is 94.1 cm³/mol. The minimum atomic E-state index is -3.52. The SMILES string of the molecule is CC(N)C1CCCN(S(=O)(=O)c2cccc3ncccc23)C1.Cl. The maximum Gasteiger partial charge on any atom is 0.243 e. The van der Waals surface area contributed by atoms with Gasteiger partial charge in [-0.15, -0.1) is 12.4 Å². The number of pyridine rings is 1. The van der Waals surface area contributed by atoms with Crippen molar-refractivity contribution in [2.24, 2.45) is 11.7 Å². The third kappa shape index (κ3) is 3.50. The van der Waals surface area contributed by atoms with Crippen LogP contribution >= 0.6 is 12.4 Å². The highest BCUT2D eigenvalue weighted by Crippen LogP contribution is 2.28. The number of aromatic nitrogens is 1. The summed E-state index contributed by atoms with van der Waals surface area (Å²) >= 11 is 0. The first-order valence-corrected chi connectivity index (χ1v) is 9.03. The summed E-state index contributed by atoms with van der Waals surface area (Å²) in [5.41, 5.74) is 6.67. The Kier molecular flexibility index (Phi) is 5.62. The van der Waals surface area contributed by atoms with Crippen LogP contribution in [0.5, 0.6) is 0 Å². The molecule has 23 heavy (non-hydrogen) atoms. The van der Waals surface area contributed by atoms with Gasteiger partial charge in [-0.2, -0.15) is 4.31 Å². The molecule has 0 saturated carbocycles. The molecule has 1 saturated heterocycles. The molecule has 126 valence electrons. The van der Waals surface area contributed by atoms with Gasteiger partial charge in [0.2, 0.25) is 10.0 Å². The number of rotatable bonds is 3. The molecule has 1 aliphatic heterocycles. The molecule has 7 heteroatoms. The van der Waals surface area contributed by atoms with Crippen LogP contribution in [0.25, 0.3) is 10.9 Å². The van der Waals surface area contributed by atoms with Gasteiger partial charge in [-0.1, -0.05) is 6.07 Å². The maximum absolute atomic E-state index is 13.0. The van der Waals surface area contributed by atoms with Crippen molar-refractivity contribution in [2.45, 2.75) is 30.7 Å². The van der Waals surface area contributed by atoms with E-state index in [1.54, 1.807) is 28.7 Å². The topological polar surface area (TPSA) is 76.3 Å². The van der Waals surface area contributed by atoms with E-state index in [4.69, 9.17) is 5.73 Å². The Bertz CT molecular complexity index is 774. The Morgan fingerprint density at radius 1 is 1.30 bits per heavy atom. The average molecular weight is 356 g/mol. The smallest absolute Gasteiger partial charge is 0.243 e. The van der Waals surface area contributed by atoms with Crippen molar-refractivity contribution in [1.82, 2.24) is 9.29 Å². The van der Waals surface area contributed by atoms with Gasteiger partial charge in [0, 0.05) is 30.7 Å². The fourth-order valence-corrected chi connectivity index (χ4v) is 4.80. The predicted octanol–water partition coefficient (Wildman–Crippen LogP) is 2.40. The largest absolute Gasteiger partial charge is 0.328 e. The average Bonchev–Trinajstić information content (AvgIpc) is 2.54. The molecule has 0 amide bonds. The molecule has 3 rings (SSSR count). The van der Waals surface area contributed by atoms with Gasteiger partial charge in [-0.25, -0.2) is 8.42 Å². The summed E-state index contributed by atoms with van der Waals surface area (Å²) in [6.07, 6.45) is 3.51. The molecular formula is C16H22ClN3O2S. The lowest BCUT2D eigenvalue weighted by molar-refractivity contribution is 0.243. The number of hydrogen-bond acceptors (Lipinski definition) is 4. The Labute approximate surface area is 143 Å². The summed E-state index contributed by atoms with van der Waals surface area (Å²) < 4.78 is 27.6. The molecule has 1 aromatic heterocycles. The van der Waals surface area contributed by atoms with Crippen LogP contribution in [0, 0.1) is 5.92 Å². The monoisotopic (exact) mass is 355 g/mol. The van der Waals surface area contributed by atoms with E-state index in [1.807, 2.05) is 19.1 Å². The lowest BCUT2D eigenvalue weighted by Crippen LogP contribution is -2.44. The summed E-state index contributed by atoms with van der Waals surface area (Å²) in [6, 6.07) is 8.82. The van der Waals surface area contributed by atoms with Crippen LogP contribution in [0.3, 0.4) is 0 Å². The zero-order valence-electron chi connectivity index (χ0n) is 13.1. The summed E-state index contributed by atoms with van der Waals surface area (Å²) in [5.74, 6) is 0.219. The molecule has 0 radical (unpaired) electrons. The number of piperidine rings is 1. The molecule has 1 aromatic carbocycles. The number of nitrogens with two attached hydrogens (primary N) is 1. The summed E-state index contributed by atoms with van der Waals surface area (Å²) in [5, 5.41) is 0.674. The van der Waals surface area contributed by atoms with E-state index >= 15 is 0 Å². The van der Waals surface area contributed by atoms with Crippen molar-refractivity contribution < 1.29 is 8.42 Å². The van der Waals surface area contributed by atoms with Gasteiger partial charge in [0.05, 0.1) is 10.4 Å². The second-order valence-electron chi connectivity index (χ2n) is 5.95. The zero-order chi connectivity index (χ0) is 15.7. The minimum Gasteiger partial charge on any atom is -0.328 e. The lowest BCUT2D eigenvalue weighted by atomic mass is 9.93. The number of nitrogens with zero attached hydrogens (tertiary/aromatic N) is 2. The van der Waals surface area contributed by atoms with Gasteiger partial charge in [0.15, 0.2) is 0 Å². The summed E-state index contributed by atoms with van der Waals surface area (Å²) in [4.78, 5) is 4.58. The van der Waals surface area contributed by atoms with Gasteiger partial charge in [0.25, 0.3) is 0 Å². The molecule has 5 nitrogen and oxygen atoms in total. The molecule has 2 unspecified atom stereocenters. The summed E-state index contributed by atoms with van der Waals surface area (Å²) in [7, 11) is -3.52. The standard InChI is InChI=1S/C16H21N3O2S.ClH/c1-12(17)13-5-4-10-19(11-13)22(20,21)16-8-2-7-15-14(16)6-3-9-18-15;/h2-3,6-9,12-13H,4-5,10-11,17H2,1H3;1H. The molecular weight excluding hydrogens is 334 g/mol. The first-order valence-electron chi connectivity index (χ1n) is 7.59. The van der Waals surface area contributed by atoms with Crippen LogP contribution in [0.4, 0.5) is 0 Å². The van der Waals surface area contributed by atoms with Crippen LogP contribution in [0.15, 0.2) is 41.4 Å².